The van der Waals surface area contributed by atoms with Gasteiger partial charge in [-0.15, -0.1) is 0 Å². The summed E-state index contributed by atoms with van der Waals surface area (Å²) in [5, 5.41) is 6.09. The second kappa shape index (κ2) is 7.34. The second-order valence-electron chi connectivity index (χ2n) is 5.95. The van der Waals surface area contributed by atoms with E-state index in [1.54, 1.807) is 14.2 Å². The van der Waals surface area contributed by atoms with Crippen molar-refractivity contribution in [2.75, 3.05) is 19.5 Å². The van der Waals surface area contributed by atoms with Crippen molar-refractivity contribution in [1.82, 2.24) is 10.3 Å². The van der Waals surface area contributed by atoms with Gasteiger partial charge in [0, 0.05) is 7.05 Å². The van der Waals surface area contributed by atoms with Gasteiger partial charge < -0.3 is 15.4 Å². The van der Waals surface area contributed by atoms with Crippen molar-refractivity contribution in [3.8, 4) is 0 Å². The molecule has 0 bridgehead atoms. The van der Waals surface area contributed by atoms with Crippen LogP contribution >= 0.6 is 0 Å². The Hall–Kier alpha value is -2.89. The highest BCUT2D eigenvalue weighted by Gasteiger charge is 2.23. The van der Waals surface area contributed by atoms with E-state index in [9.17, 15) is 4.79 Å². The van der Waals surface area contributed by atoms with Gasteiger partial charge >= 0.3 is 0 Å². The van der Waals surface area contributed by atoms with Gasteiger partial charge in [-0.2, -0.15) is 0 Å². The van der Waals surface area contributed by atoms with Crippen LogP contribution in [-0.4, -0.2) is 30.9 Å². The van der Waals surface area contributed by atoms with Crippen molar-refractivity contribution in [2.24, 2.45) is 4.99 Å². The third-order valence-corrected chi connectivity index (χ3v) is 4.21. The Morgan fingerprint density at radius 2 is 2.08 bits per heavy atom. The van der Waals surface area contributed by atoms with Gasteiger partial charge in [-0.05, 0) is 24.1 Å². The molecule has 6 nitrogen and oxygen atoms in total. The standard InChI is InChI=1S/C19H22N4O2/c1-12(13-7-5-4-6-8-13)22-16(24)10-15-9-14-11-21-19(25-3)17(14)18(20-2)23-15/h4-9,12H,10-11H2,1-3H3,(H,20,23)(H,22,24)/t12-/m1/s1. The predicted octanol–water partition coefficient (Wildman–Crippen LogP) is 2.45. The average molecular weight is 338 g/mol. The Morgan fingerprint density at radius 3 is 2.76 bits per heavy atom. The molecule has 0 saturated carbocycles. The van der Waals surface area contributed by atoms with Gasteiger partial charge in [0.1, 0.15) is 5.82 Å². The molecule has 1 aromatic heterocycles. The topological polar surface area (TPSA) is 75.6 Å². The molecule has 1 aliphatic rings. The van der Waals surface area contributed by atoms with Crippen molar-refractivity contribution in [2.45, 2.75) is 25.9 Å². The molecule has 0 spiro atoms. The van der Waals surface area contributed by atoms with Crippen LogP contribution in [0.5, 0.6) is 0 Å². The summed E-state index contributed by atoms with van der Waals surface area (Å²) < 4.78 is 5.29. The molecule has 25 heavy (non-hydrogen) atoms. The van der Waals surface area contributed by atoms with Gasteiger partial charge in [0.15, 0.2) is 0 Å². The van der Waals surface area contributed by atoms with Gasteiger partial charge in [-0.3, -0.25) is 4.79 Å². The fraction of sp³-hybridized carbons (Fsp3) is 0.316. The highest BCUT2D eigenvalue weighted by atomic mass is 16.5. The summed E-state index contributed by atoms with van der Waals surface area (Å²) in [7, 11) is 3.40. The molecule has 3 rings (SSSR count). The van der Waals surface area contributed by atoms with E-state index in [2.05, 4.69) is 20.6 Å². The molecule has 2 N–H and O–H groups in total. The maximum absolute atomic E-state index is 12.4. The third kappa shape index (κ3) is 3.63. The highest BCUT2D eigenvalue weighted by Crippen LogP contribution is 2.26. The Bertz CT molecular complexity index is 803. The molecule has 1 aromatic carbocycles. The maximum atomic E-state index is 12.4. The predicted molar refractivity (Wildman–Crippen MR) is 97.7 cm³/mol. The SMILES string of the molecule is CNc1nc(CC(=O)N[C@H](C)c2ccccc2)cc2c1C(OC)=NC2. The molecule has 130 valence electrons. The number of nitrogens with zero attached hydrogens (tertiary/aromatic N) is 2. The number of aromatic nitrogens is 1. The number of carbonyl (C=O) groups excluding carboxylic acids is 1. The minimum Gasteiger partial charge on any atom is -0.481 e. The van der Waals surface area contributed by atoms with Crippen LogP contribution in [0.4, 0.5) is 5.82 Å². The highest BCUT2D eigenvalue weighted by molar-refractivity contribution is 6.02. The first-order valence-corrected chi connectivity index (χ1v) is 8.26. The Morgan fingerprint density at radius 1 is 1.32 bits per heavy atom. The van der Waals surface area contributed by atoms with Crippen molar-refractivity contribution >= 4 is 17.6 Å². The van der Waals surface area contributed by atoms with Crippen molar-refractivity contribution in [3.05, 3.63) is 58.8 Å². The average Bonchev–Trinajstić information content (AvgIpc) is 3.04. The normalized spacial score (nSPS) is 13.6. The molecule has 2 aromatic rings. The molecular weight excluding hydrogens is 316 g/mol. The zero-order chi connectivity index (χ0) is 17.8. The molecule has 1 atom stereocenters. The number of methoxy groups -OCH3 is 1. The lowest BCUT2D eigenvalue weighted by Gasteiger charge is -2.15. The smallest absolute Gasteiger partial charge is 0.226 e. The van der Waals surface area contributed by atoms with Crippen LogP contribution in [0.1, 0.15) is 35.3 Å². The van der Waals surface area contributed by atoms with Crippen molar-refractivity contribution in [1.29, 1.82) is 0 Å². The van der Waals surface area contributed by atoms with Crippen LogP contribution in [0.15, 0.2) is 41.4 Å². The number of fused-ring (bicyclic) bond motifs is 1. The molecule has 1 aliphatic heterocycles. The number of ether oxygens (including phenoxy) is 1. The molecule has 0 aliphatic carbocycles. The third-order valence-electron chi connectivity index (χ3n) is 4.21. The number of aliphatic imine (C=N–C) groups is 1. The van der Waals surface area contributed by atoms with Crippen LogP contribution in [-0.2, 0) is 22.5 Å². The number of hydrogen-bond donors (Lipinski definition) is 2. The quantitative estimate of drug-likeness (QED) is 0.878. The lowest BCUT2D eigenvalue weighted by Crippen LogP contribution is -2.28. The molecule has 0 saturated heterocycles. The molecule has 6 heteroatoms. The Labute approximate surface area is 147 Å². The van der Waals surface area contributed by atoms with Crippen LogP contribution in [0.3, 0.4) is 0 Å². The monoisotopic (exact) mass is 338 g/mol. The molecule has 2 heterocycles. The van der Waals surface area contributed by atoms with E-state index in [1.807, 2.05) is 43.3 Å². The van der Waals surface area contributed by atoms with E-state index in [0.29, 0.717) is 24.0 Å². The van der Waals surface area contributed by atoms with E-state index in [-0.39, 0.29) is 18.4 Å². The summed E-state index contributed by atoms with van der Waals surface area (Å²) in [5.41, 5.74) is 3.70. The lowest BCUT2D eigenvalue weighted by molar-refractivity contribution is -0.121. The fourth-order valence-electron chi connectivity index (χ4n) is 2.98. The van der Waals surface area contributed by atoms with E-state index in [4.69, 9.17) is 4.74 Å². The zero-order valence-electron chi connectivity index (χ0n) is 14.7. The molecule has 1 amide bonds. The van der Waals surface area contributed by atoms with Gasteiger partial charge in [-0.1, -0.05) is 30.3 Å². The number of nitrogens with one attached hydrogen (secondary N) is 2. The summed E-state index contributed by atoms with van der Waals surface area (Å²) in [4.78, 5) is 21.3. The van der Waals surface area contributed by atoms with Gasteiger partial charge in [0.25, 0.3) is 0 Å². The Balaban J connectivity index is 1.72. The molecule has 0 radical (unpaired) electrons. The summed E-state index contributed by atoms with van der Waals surface area (Å²) in [6.45, 7) is 2.52. The first-order chi connectivity index (χ1) is 12.1. The van der Waals surface area contributed by atoms with Crippen LogP contribution < -0.4 is 10.6 Å². The number of hydrogen-bond acceptors (Lipinski definition) is 5. The summed E-state index contributed by atoms with van der Waals surface area (Å²) in [5.74, 6) is 1.21. The summed E-state index contributed by atoms with van der Waals surface area (Å²) in [6, 6.07) is 11.8. The number of carbonyl (C=O) groups is 1. The second-order valence-corrected chi connectivity index (χ2v) is 5.95. The van der Waals surface area contributed by atoms with E-state index in [0.717, 1.165) is 16.7 Å². The number of amides is 1. The zero-order valence-corrected chi connectivity index (χ0v) is 14.7. The minimum atomic E-state index is -0.0586. The summed E-state index contributed by atoms with van der Waals surface area (Å²) >= 11 is 0. The van der Waals surface area contributed by atoms with Crippen molar-refractivity contribution in [3.63, 3.8) is 0 Å². The van der Waals surface area contributed by atoms with Crippen LogP contribution in [0, 0.1) is 0 Å². The number of pyridine rings is 1. The van der Waals surface area contributed by atoms with E-state index < -0.39 is 0 Å². The molecule has 0 unspecified atom stereocenters. The van der Waals surface area contributed by atoms with Gasteiger partial charge in [0.2, 0.25) is 11.8 Å². The first kappa shape index (κ1) is 17.0. The lowest BCUT2D eigenvalue weighted by atomic mass is 10.1. The van der Waals surface area contributed by atoms with Gasteiger partial charge in [0.05, 0.1) is 37.4 Å². The van der Waals surface area contributed by atoms with E-state index in [1.165, 1.54) is 0 Å². The number of benzene rings is 1. The minimum absolute atomic E-state index is 0.0460. The van der Waals surface area contributed by atoms with Crippen LogP contribution in [0.2, 0.25) is 0 Å². The molecule has 0 fully saturated rings. The maximum Gasteiger partial charge on any atom is 0.226 e. The largest absolute Gasteiger partial charge is 0.481 e. The number of anilines is 1. The van der Waals surface area contributed by atoms with E-state index >= 15 is 0 Å². The fourth-order valence-corrected chi connectivity index (χ4v) is 2.98. The number of rotatable bonds is 5. The van der Waals surface area contributed by atoms with Crippen LogP contribution in [0.25, 0.3) is 0 Å². The van der Waals surface area contributed by atoms with Gasteiger partial charge in [-0.25, -0.2) is 9.98 Å². The van der Waals surface area contributed by atoms with Crippen molar-refractivity contribution < 1.29 is 9.53 Å². The first-order valence-electron chi connectivity index (χ1n) is 8.26. The molecular formula is C19H22N4O2. The summed E-state index contributed by atoms with van der Waals surface area (Å²) in [6.07, 6.45) is 0.224. The Kier molecular flexibility index (Phi) is 4.97.